The number of rotatable bonds is 9. The molecule has 4 rings (SSSR count). The Morgan fingerprint density at radius 2 is 1.79 bits per heavy atom. The van der Waals surface area contributed by atoms with Gasteiger partial charge in [0.05, 0.1) is 29.3 Å². The van der Waals surface area contributed by atoms with E-state index in [-0.39, 0.29) is 40.4 Å². The minimum Gasteiger partial charge on any atom is -0.507 e. The number of ether oxygens (including phenoxy) is 2. The zero-order chi connectivity index (χ0) is 27.4. The molecule has 1 unspecified atom stereocenters. The quantitative estimate of drug-likeness (QED) is 0.196. The van der Waals surface area contributed by atoms with Crippen LogP contribution in [-0.4, -0.2) is 41.0 Å². The number of nitrogens with zero attached hydrogens (tertiary/aromatic N) is 1. The Bertz CT molecular complexity index is 1370. The van der Waals surface area contributed by atoms with Crippen LogP contribution in [0.3, 0.4) is 0 Å². The topological polar surface area (TPSA) is 76.1 Å². The van der Waals surface area contributed by atoms with Crippen molar-refractivity contribution < 1.29 is 28.6 Å². The number of Topliss-reactive ketones (excluding diaryl/α,β-unsaturated/α-hetero) is 1. The fourth-order valence-electron chi connectivity index (χ4n) is 4.48. The molecule has 1 aliphatic heterocycles. The van der Waals surface area contributed by atoms with Gasteiger partial charge in [-0.25, -0.2) is 4.39 Å². The standard InChI is InChI=1S/C30H29ClFNO5/c1-4-37-22-12-13-25(31)24(17-22)28(34)26-27(20-6-5-7-23(16-20)38-18(2)3)33(30(36)29(26)35)15-14-19-8-10-21(32)11-9-19/h5-13,16-18,27,34H,4,14-15H2,1-3H3/b28-26+. The van der Waals surface area contributed by atoms with Crippen molar-refractivity contribution in [2.75, 3.05) is 13.2 Å². The van der Waals surface area contributed by atoms with Crippen LogP contribution in [0.25, 0.3) is 5.76 Å². The Morgan fingerprint density at radius 1 is 1.05 bits per heavy atom. The Morgan fingerprint density at radius 3 is 2.47 bits per heavy atom. The molecule has 0 spiro atoms. The number of hydrogen-bond acceptors (Lipinski definition) is 5. The average Bonchev–Trinajstić information content (AvgIpc) is 3.14. The highest BCUT2D eigenvalue weighted by atomic mass is 35.5. The van der Waals surface area contributed by atoms with E-state index in [4.69, 9.17) is 21.1 Å². The van der Waals surface area contributed by atoms with E-state index in [2.05, 4.69) is 0 Å². The molecule has 198 valence electrons. The summed E-state index contributed by atoms with van der Waals surface area (Å²) in [7, 11) is 0. The van der Waals surface area contributed by atoms with Gasteiger partial charge in [0.2, 0.25) is 0 Å². The fourth-order valence-corrected chi connectivity index (χ4v) is 4.68. The number of likely N-dealkylation sites (tertiary alicyclic amines) is 1. The van der Waals surface area contributed by atoms with Crippen molar-refractivity contribution in [3.63, 3.8) is 0 Å². The molecule has 1 saturated heterocycles. The summed E-state index contributed by atoms with van der Waals surface area (Å²) in [5, 5.41) is 11.6. The molecule has 0 aromatic heterocycles. The Kier molecular flexibility index (Phi) is 8.37. The maximum absolute atomic E-state index is 13.4. The van der Waals surface area contributed by atoms with Gasteiger partial charge in [-0.05, 0) is 80.8 Å². The van der Waals surface area contributed by atoms with Gasteiger partial charge in [-0.15, -0.1) is 0 Å². The number of carbonyl (C=O) groups is 2. The molecule has 1 heterocycles. The Hall–Kier alpha value is -3.84. The second-order valence-corrected chi connectivity index (χ2v) is 9.59. The largest absolute Gasteiger partial charge is 0.507 e. The predicted molar refractivity (Wildman–Crippen MR) is 144 cm³/mol. The van der Waals surface area contributed by atoms with Gasteiger partial charge in [-0.1, -0.05) is 35.9 Å². The van der Waals surface area contributed by atoms with E-state index in [1.54, 1.807) is 54.6 Å². The first-order chi connectivity index (χ1) is 18.2. The zero-order valence-corrected chi connectivity index (χ0v) is 22.2. The van der Waals surface area contributed by atoms with Crippen molar-refractivity contribution in [3.05, 3.63) is 99.8 Å². The van der Waals surface area contributed by atoms with Gasteiger partial charge in [-0.2, -0.15) is 0 Å². The monoisotopic (exact) mass is 537 g/mol. The smallest absolute Gasteiger partial charge is 0.295 e. The molecule has 1 aliphatic rings. The van der Waals surface area contributed by atoms with Crippen molar-refractivity contribution in [3.8, 4) is 11.5 Å². The maximum Gasteiger partial charge on any atom is 0.295 e. The molecule has 0 aliphatic carbocycles. The number of hydrogen-bond donors (Lipinski definition) is 1. The summed E-state index contributed by atoms with van der Waals surface area (Å²) in [6, 6.07) is 16.9. The van der Waals surface area contributed by atoms with Crippen LogP contribution in [0.1, 0.15) is 43.5 Å². The van der Waals surface area contributed by atoms with Crippen LogP contribution in [-0.2, 0) is 16.0 Å². The van der Waals surface area contributed by atoms with Crippen molar-refractivity contribution in [2.45, 2.75) is 39.3 Å². The molecule has 38 heavy (non-hydrogen) atoms. The highest BCUT2D eigenvalue weighted by molar-refractivity contribution is 6.47. The summed E-state index contributed by atoms with van der Waals surface area (Å²) in [4.78, 5) is 28.1. The summed E-state index contributed by atoms with van der Waals surface area (Å²) in [6.45, 7) is 6.19. The third-order valence-electron chi connectivity index (χ3n) is 6.14. The molecule has 1 fully saturated rings. The van der Waals surface area contributed by atoms with Crippen LogP contribution in [0.15, 0.2) is 72.3 Å². The molecule has 3 aromatic rings. The van der Waals surface area contributed by atoms with E-state index in [1.165, 1.54) is 17.0 Å². The predicted octanol–water partition coefficient (Wildman–Crippen LogP) is 6.33. The lowest BCUT2D eigenvalue weighted by Gasteiger charge is -2.26. The van der Waals surface area contributed by atoms with Gasteiger partial charge < -0.3 is 19.5 Å². The van der Waals surface area contributed by atoms with Crippen LogP contribution in [0.4, 0.5) is 4.39 Å². The number of benzene rings is 3. The normalized spacial score (nSPS) is 16.8. The lowest BCUT2D eigenvalue weighted by atomic mass is 9.95. The van der Waals surface area contributed by atoms with Crippen molar-refractivity contribution >= 4 is 29.1 Å². The first-order valence-corrected chi connectivity index (χ1v) is 12.8. The van der Waals surface area contributed by atoms with Gasteiger partial charge >= 0.3 is 0 Å². The molecule has 0 bridgehead atoms. The summed E-state index contributed by atoms with van der Waals surface area (Å²) in [6.07, 6.45) is 0.294. The number of carbonyl (C=O) groups excluding carboxylic acids is 2. The molecule has 3 aromatic carbocycles. The molecule has 1 atom stereocenters. The second kappa shape index (κ2) is 11.7. The van der Waals surface area contributed by atoms with Gasteiger partial charge in [-0.3, -0.25) is 9.59 Å². The minimum absolute atomic E-state index is 0.0775. The summed E-state index contributed by atoms with van der Waals surface area (Å²) < 4.78 is 24.8. The number of aliphatic hydroxyl groups is 1. The zero-order valence-electron chi connectivity index (χ0n) is 21.4. The Balaban J connectivity index is 1.82. The highest BCUT2D eigenvalue weighted by Crippen LogP contribution is 2.42. The van der Waals surface area contributed by atoms with Crippen LogP contribution in [0.2, 0.25) is 5.02 Å². The number of halogens is 2. The van der Waals surface area contributed by atoms with Crippen LogP contribution >= 0.6 is 11.6 Å². The van der Waals surface area contributed by atoms with E-state index in [9.17, 15) is 19.1 Å². The number of ketones is 1. The van der Waals surface area contributed by atoms with Gasteiger partial charge in [0.25, 0.3) is 11.7 Å². The van der Waals surface area contributed by atoms with Crippen molar-refractivity contribution in [1.82, 2.24) is 4.90 Å². The fraction of sp³-hybridized carbons (Fsp3) is 0.267. The van der Waals surface area contributed by atoms with Gasteiger partial charge in [0.15, 0.2) is 0 Å². The van der Waals surface area contributed by atoms with Gasteiger partial charge in [0, 0.05) is 12.1 Å². The average molecular weight is 538 g/mol. The Labute approximate surface area is 226 Å². The third kappa shape index (κ3) is 5.83. The van der Waals surface area contributed by atoms with Gasteiger partial charge in [0.1, 0.15) is 23.1 Å². The van der Waals surface area contributed by atoms with E-state index < -0.39 is 17.7 Å². The molecule has 6 nitrogen and oxygen atoms in total. The van der Waals surface area contributed by atoms with E-state index in [0.717, 1.165) is 5.56 Å². The van der Waals surface area contributed by atoms with E-state index >= 15 is 0 Å². The van der Waals surface area contributed by atoms with E-state index in [1.807, 2.05) is 20.8 Å². The van der Waals surface area contributed by atoms with Crippen LogP contribution in [0, 0.1) is 5.82 Å². The summed E-state index contributed by atoms with van der Waals surface area (Å²) in [5.41, 5.74) is 1.51. The lowest BCUT2D eigenvalue weighted by Crippen LogP contribution is -2.31. The lowest BCUT2D eigenvalue weighted by molar-refractivity contribution is -0.139. The second-order valence-electron chi connectivity index (χ2n) is 9.18. The molecule has 1 amide bonds. The first-order valence-electron chi connectivity index (χ1n) is 12.4. The molecular formula is C30H29ClFNO5. The van der Waals surface area contributed by atoms with Crippen LogP contribution in [0.5, 0.6) is 11.5 Å². The number of aliphatic hydroxyl groups excluding tert-OH is 1. The molecular weight excluding hydrogens is 509 g/mol. The minimum atomic E-state index is -0.891. The van der Waals surface area contributed by atoms with E-state index in [0.29, 0.717) is 30.1 Å². The van der Waals surface area contributed by atoms with Crippen molar-refractivity contribution in [1.29, 1.82) is 0 Å². The van der Waals surface area contributed by atoms with Crippen molar-refractivity contribution in [2.24, 2.45) is 0 Å². The molecule has 8 heteroatoms. The summed E-state index contributed by atoms with van der Waals surface area (Å²) in [5.74, 6) is -1.28. The summed E-state index contributed by atoms with van der Waals surface area (Å²) >= 11 is 6.41. The third-order valence-corrected chi connectivity index (χ3v) is 6.47. The first kappa shape index (κ1) is 27.2. The maximum atomic E-state index is 13.4. The number of amides is 1. The SMILES string of the molecule is CCOc1ccc(Cl)c(/C(O)=C2\C(=O)C(=O)N(CCc3ccc(F)cc3)C2c2cccc(OC(C)C)c2)c1. The molecule has 0 saturated carbocycles. The molecule has 1 N–H and O–H groups in total. The highest BCUT2D eigenvalue weighted by Gasteiger charge is 2.46. The van der Waals surface area contributed by atoms with Crippen LogP contribution < -0.4 is 9.47 Å². The molecule has 0 radical (unpaired) electrons.